The minimum atomic E-state index is -3.87. The van der Waals surface area contributed by atoms with Gasteiger partial charge in [-0.15, -0.1) is 0 Å². The van der Waals surface area contributed by atoms with E-state index in [4.69, 9.17) is 9.47 Å². The van der Waals surface area contributed by atoms with Crippen LogP contribution in [0.3, 0.4) is 0 Å². The first-order valence-electron chi connectivity index (χ1n) is 11.8. The molecule has 1 amide bonds. The smallest absolute Gasteiger partial charge is 0.243 e. The van der Waals surface area contributed by atoms with E-state index in [1.807, 2.05) is 24.3 Å². The molecule has 1 atom stereocenters. The number of piperidine rings is 1. The monoisotopic (exact) mass is 487 g/mol. The Morgan fingerprint density at radius 1 is 0.941 bits per heavy atom. The number of rotatable bonds is 8. The van der Waals surface area contributed by atoms with Crippen molar-refractivity contribution in [2.24, 2.45) is 0 Å². The van der Waals surface area contributed by atoms with Crippen LogP contribution in [0.2, 0.25) is 0 Å². The molecular weight excluding hydrogens is 454 g/mol. The maximum atomic E-state index is 13.3. The van der Waals surface area contributed by atoms with Gasteiger partial charge in [0.05, 0.1) is 19.1 Å². The number of carbonyl (C=O) groups excluding carboxylic acids is 1. The molecule has 34 heavy (non-hydrogen) atoms. The molecule has 8 nitrogen and oxygen atoms in total. The van der Waals surface area contributed by atoms with Crippen LogP contribution in [0.4, 0.5) is 5.69 Å². The number of benzene rings is 2. The number of hydrogen-bond donors (Lipinski definition) is 1. The van der Waals surface area contributed by atoms with Gasteiger partial charge in [-0.1, -0.05) is 18.6 Å². The molecule has 2 aromatic rings. The van der Waals surface area contributed by atoms with E-state index in [2.05, 4.69) is 10.2 Å². The maximum Gasteiger partial charge on any atom is 0.243 e. The molecule has 2 fully saturated rings. The fraction of sp³-hybridized carbons (Fsp3) is 0.480. The van der Waals surface area contributed by atoms with Gasteiger partial charge in [-0.05, 0) is 68.6 Å². The standard InChI is InChI=1S/C25H33N3O5S/c1-32-23-13-12-21(17-24(23)33-2)34(30,31)28-16-6-7-22(28)25(29)26-20-10-8-19(9-11-20)18-27-14-4-3-5-15-27/h8-13,17,22H,3-7,14-16,18H2,1-2H3,(H,26,29). The fourth-order valence-corrected chi connectivity index (χ4v) is 6.37. The third-order valence-electron chi connectivity index (χ3n) is 6.54. The fourth-order valence-electron chi connectivity index (χ4n) is 4.70. The molecule has 0 bridgehead atoms. The van der Waals surface area contributed by atoms with Crippen LogP contribution in [0.25, 0.3) is 0 Å². The first-order chi connectivity index (χ1) is 16.4. The van der Waals surface area contributed by atoms with Gasteiger partial charge in [0.25, 0.3) is 0 Å². The lowest BCUT2D eigenvalue weighted by atomic mass is 10.1. The van der Waals surface area contributed by atoms with Crippen molar-refractivity contribution in [3.05, 3.63) is 48.0 Å². The predicted octanol–water partition coefficient (Wildman–Crippen LogP) is 3.48. The summed E-state index contributed by atoms with van der Waals surface area (Å²) in [6, 6.07) is 11.5. The Labute approximate surface area is 201 Å². The van der Waals surface area contributed by atoms with Crippen LogP contribution in [0, 0.1) is 0 Å². The molecule has 0 radical (unpaired) electrons. The number of likely N-dealkylation sites (tertiary alicyclic amines) is 1. The number of nitrogens with zero attached hydrogens (tertiary/aromatic N) is 2. The third kappa shape index (κ3) is 5.37. The van der Waals surface area contributed by atoms with Crippen molar-refractivity contribution in [3.8, 4) is 11.5 Å². The Bertz CT molecular complexity index is 1100. The van der Waals surface area contributed by atoms with E-state index in [9.17, 15) is 13.2 Å². The van der Waals surface area contributed by atoms with Crippen LogP contribution in [0.15, 0.2) is 47.4 Å². The molecule has 184 valence electrons. The molecule has 2 heterocycles. The van der Waals surface area contributed by atoms with Crippen molar-refractivity contribution < 1.29 is 22.7 Å². The molecule has 2 aromatic carbocycles. The highest BCUT2D eigenvalue weighted by Gasteiger charge is 2.39. The van der Waals surface area contributed by atoms with E-state index in [0.717, 1.165) is 19.6 Å². The van der Waals surface area contributed by atoms with Crippen molar-refractivity contribution in [2.75, 3.05) is 39.2 Å². The zero-order valence-electron chi connectivity index (χ0n) is 19.8. The second kappa shape index (κ2) is 10.8. The van der Waals surface area contributed by atoms with E-state index < -0.39 is 16.1 Å². The van der Waals surface area contributed by atoms with Crippen LogP contribution in [-0.4, -0.2) is 63.4 Å². The van der Waals surface area contributed by atoms with Gasteiger partial charge in [-0.3, -0.25) is 9.69 Å². The molecule has 2 aliphatic rings. The lowest BCUT2D eigenvalue weighted by Gasteiger charge is -2.26. The van der Waals surface area contributed by atoms with E-state index in [-0.39, 0.29) is 10.8 Å². The van der Waals surface area contributed by atoms with E-state index in [1.165, 1.54) is 55.5 Å². The van der Waals surface area contributed by atoms with Crippen LogP contribution >= 0.6 is 0 Å². The summed E-state index contributed by atoms with van der Waals surface area (Å²) in [7, 11) is -0.925. The quantitative estimate of drug-likeness (QED) is 0.613. The SMILES string of the molecule is COc1ccc(S(=O)(=O)N2CCCC2C(=O)Nc2ccc(CN3CCCCC3)cc2)cc1OC. The number of amides is 1. The highest BCUT2D eigenvalue weighted by atomic mass is 32.2. The molecule has 1 unspecified atom stereocenters. The van der Waals surface area contributed by atoms with E-state index >= 15 is 0 Å². The summed E-state index contributed by atoms with van der Waals surface area (Å²) in [5, 5.41) is 2.91. The van der Waals surface area contributed by atoms with Crippen LogP contribution in [0.5, 0.6) is 11.5 Å². The molecule has 0 aliphatic carbocycles. The minimum absolute atomic E-state index is 0.0758. The first-order valence-corrected chi connectivity index (χ1v) is 13.2. The van der Waals surface area contributed by atoms with Gasteiger partial charge < -0.3 is 14.8 Å². The number of anilines is 1. The summed E-state index contributed by atoms with van der Waals surface area (Å²) >= 11 is 0. The molecule has 1 N–H and O–H groups in total. The van der Waals surface area contributed by atoms with E-state index in [1.54, 1.807) is 6.07 Å². The van der Waals surface area contributed by atoms with Gasteiger partial charge in [0.15, 0.2) is 11.5 Å². The summed E-state index contributed by atoms with van der Waals surface area (Å²) in [6.45, 7) is 3.47. The lowest BCUT2D eigenvalue weighted by Crippen LogP contribution is -2.43. The average Bonchev–Trinajstić information content (AvgIpc) is 3.37. The third-order valence-corrected chi connectivity index (χ3v) is 8.45. The number of nitrogens with one attached hydrogen (secondary N) is 1. The van der Waals surface area contributed by atoms with Crippen LogP contribution < -0.4 is 14.8 Å². The van der Waals surface area contributed by atoms with Gasteiger partial charge in [0.2, 0.25) is 15.9 Å². The minimum Gasteiger partial charge on any atom is -0.493 e. The second-order valence-electron chi connectivity index (χ2n) is 8.81. The summed E-state index contributed by atoms with van der Waals surface area (Å²) in [5.41, 5.74) is 1.88. The zero-order valence-corrected chi connectivity index (χ0v) is 20.6. The van der Waals surface area contributed by atoms with Crippen molar-refractivity contribution in [2.45, 2.75) is 49.6 Å². The molecule has 0 saturated carbocycles. The van der Waals surface area contributed by atoms with Crippen LogP contribution in [-0.2, 0) is 21.4 Å². The highest BCUT2D eigenvalue weighted by molar-refractivity contribution is 7.89. The van der Waals surface area contributed by atoms with Gasteiger partial charge in [-0.25, -0.2) is 8.42 Å². The van der Waals surface area contributed by atoms with E-state index in [0.29, 0.717) is 36.6 Å². The summed E-state index contributed by atoms with van der Waals surface area (Å²) in [4.78, 5) is 15.6. The molecule has 2 saturated heterocycles. The van der Waals surface area contributed by atoms with Crippen molar-refractivity contribution >= 4 is 21.6 Å². The second-order valence-corrected chi connectivity index (χ2v) is 10.7. The zero-order chi connectivity index (χ0) is 24.1. The average molecular weight is 488 g/mol. The normalized spacial score (nSPS) is 19.6. The number of hydrogen-bond acceptors (Lipinski definition) is 6. The Morgan fingerprint density at radius 3 is 2.32 bits per heavy atom. The Hall–Kier alpha value is -2.62. The van der Waals surface area contributed by atoms with Crippen molar-refractivity contribution in [1.82, 2.24) is 9.21 Å². The molecule has 9 heteroatoms. The Kier molecular flexibility index (Phi) is 7.75. The number of sulfonamides is 1. The van der Waals surface area contributed by atoms with Gasteiger partial charge in [0.1, 0.15) is 6.04 Å². The Balaban J connectivity index is 1.44. The lowest BCUT2D eigenvalue weighted by molar-refractivity contribution is -0.119. The predicted molar refractivity (Wildman–Crippen MR) is 131 cm³/mol. The van der Waals surface area contributed by atoms with Crippen LogP contribution in [0.1, 0.15) is 37.7 Å². The van der Waals surface area contributed by atoms with Crippen molar-refractivity contribution in [3.63, 3.8) is 0 Å². The molecular formula is C25H33N3O5S. The molecule has 4 rings (SSSR count). The first kappa shape index (κ1) is 24.5. The number of carbonyl (C=O) groups is 1. The number of ether oxygens (including phenoxy) is 2. The summed E-state index contributed by atoms with van der Waals surface area (Å²) < 4.78 is 38.4. The largest absolute Gasteiger partial charge is 0.493 e. The molecule has 0 aromatic heterocycles. The summed E-state index contributed by atoms with van der Waals surface area (Å²) in [5.74, 6) is 0.458. The van der Waals surface area contributed by atoms with Gasteiger partial charge in [0, 0.05) is 24.8 Å². The van der Waals surface area contributed by atoms with Gasteiger partial charge in [-0.2, -0.15) is 4.31 Å². The summed E-state index contributed by atoms with van der Waals surface area (Å²) in [6.07, 6.45) is 4.91. The van der Waals surface area contributed by atoms with Gasteiger partial charge >= 0.3 is 0 Å². The van der Waals surface area contributed by atoms with Crippen molar-refractivity contribution in [1.29, 1.82) is 0 Å². The molecule has 0 spiro atoms. The Morgan fingerprint density at radius 2 is 1.65 bits per heavy atom. The highest BCUT2D eigenvalue weighted by Crippen LogP contribution is 2.33. The number of methoxy groups -OCH3 is 2. The maximum absolute atomic E-state index is 13.3. The topological polar surface area (TPSA) is 88.2 Å². The molecule has 2 aliphatic heterocycles.